The minimum absolute atomic E-state index is 0.0990. The summed E-state index contributed by atoms with van der Waals surface area (Å²) in [5.74, 6) is 0.855. The lowest BCUT2D eigenvalue weighted by Gasteiger charge is -2.34. The Kier molecular flexibility index (Phi) is 8.74. The van der Waals surface area contributed by atoms with Gasteiger partial charge in [0.25, 0.3) is 5.91 Å². The summed E-state index contributed by atoms with van der Waals surface area (Å²) in [7, 11) is 0. The van der Waals surface area contributed by atoms with E-state index in [1.54, 1.807) is 12.1 Å². The molecule has 6 nitrogen and oxygen atoms in total. The van der Waals surface area contributed by atoms with Crippen molar-refractivity contribution in [2.75, 3.05) is 13.1 Å². The number of hydrogen-bond acceptors (Lipinski definition) is 4. The number of carbonyl (C=O) groups is 1. The van der Waals surface area contributed by atoms with Crippen LogP contribution in [0.3, 0.4) is 0 Å². The second-order valence-electron chi connectivity index (χ2n) is 9.54. The first kappa shape index (κ1) is 26.6. The van der Waals surface area contributed by atoms with Crippen molar-refractivity contribution in [2.24, 2.45) is 11.7 Å². The molecule has 37 heavy (non-hydrogen) atoms. The third-order valence-corrected chi connectivity index (χ3v) is 6.77. The fourth-order valence-corrected chi connectivity index (χ4v) is 4.82. The molecule has 4 rings (SSSR count). The number of carbonyl (C=O) groups excluding carboxylic acids is 1. The summed E-state index contributed by atoms with van der Waals surface area (Å²) < 4.78 is 2.26. The molecule has 2 aromatic carbocycles. The van der Waals surface area contributed by atoms with Crippen molar-refractivity contribution in [1.82, 2.24) is 19.4 Å². The van der Waals surface area contributed by atoms with Crippen LogP contribution in [0.5, 0.6) is 0 Å². The van der Waals surface area contributed by atoms with Crippen LogP contribution >= 0.6 is 11.6 Å². The maximum Gasteiger partial charge on any atom is 0.256 e. The number of halogens is 1. The van der Waals surface area contributed by atoms with E-state index in [1.807, 2.05) is 41.3 Å². The van der Waals surface area contributed by atoms with Gasteiger partial charge in [-0.3, -0.25) is 4.79 Å². The van der Waals surface area contributed by atoms with Gasteiger partial charge in [0.15, 0.2) is 0 Å². The van der Waals surface area contributed by atoms with Crippen molar-refractivity contribution in [2.45, 2.75) is 39.8 Å². The zero-order valence-electron chi connectivity index (χ0n) is 21.6. The van der Waals surface area contributed by atoms with Crippen LogP contribution in [0.15, 0.2) is 79.0 Å². The SMILES string of the molecule is Cc1c(-c2ccccc2)nc(C(C(C)C)N(CCCN)C(=O)c2ccc(Cl)nc2)n1Cc1ccccc1. The highest BCUT2D eigenvalue weighted by molar-refractivity contribution is 6.29. The summed E-state index contributed by atoms with van der Waals surface area (Å²) in [6.07, 6.45) is 2.22. The van der Waals surface area contributed by atoms with Gasteiger partial charge in [-0.15, -0.1) is 0 Å². The first-order valence-electron chi connectivity index (χ1n) is 12.7. The number of nitrogens with two attached hydrogens (primary N) is 1. The van der Waals surface area contributed by atoms with E-state index in [-0.39, 0.29) is 17.9 Å². The molecule has 7 heteroatoms. The van der Waals surface area contributed by atoms with Crippen molar-refractivity contribution >= 4 is 17.5 Å². The van der Waals surface area contributed by atoms with Crippen LogP contribution < -0.4 is 5.73 Å². The van der Waals surface area contributed by atoms with Crippen LogP contribution in [0.4, 0.5) is 0 Å². The minimum atomic E-state index is -0.269. The highest BCUT2D eigenvalue weighted by Gasteiger charge is 2.33. The fourth-order valence-electron chi connectivity index (χ4n) is 4.71. The van der Waals surface area contributed by atoms with E-state index in [4.69, 9.17) is 22.3 Å². The highest BCUT2D eigenvalue weighted by Crippen LogP contribution is 2.34. The Labute approximate surface area is 224 Å². The van der Waals surface area contributed by atoms with E-state index in [1.165, 1.54) is 11.8 Å². The fraction of sp³-hybridized carbons (Fsp3) is 0.300. The number of aromatic nitrogens is 3. The standard InChI is InChI=1S/C30H34ClN5O/c1-21(2)28(35(18-10-17-32)30(37)25-15-16-26(31)33-19-25)29-34-27(24-13-8-5-9-14-24)22(3)36(29)20-23-11-6-4-7-12-23/h4-9,11-16,19,21,28H,10,17-18,20,32H2,1-3H3. The molecule has 0 bridgehead atoms. The Bertz CT molecular complexity index is 1300. The lowest BCUT2D eigenvalue weighted by molar-refractivity contribution is 0.0604. The van der Waals surface area contributed by atoms with Crippen LogP contribution in [0.2, 0.25) is 5.15 Å². The van der Waals surface area contributed by atoms with Crippen molar-refractivity contribution in [1.29, 1.82) is 0 Å². The van der Waals surface area contributed by atoms with Crippen LogP contribution in [-0.2, 0) is 6.54 Å². The Morgan fingerprint density at radius 1 is 1.03 bits per heavy atom. The van der Waals surface area contributed by atoms with Crippen LogP contribution in [0, 0.1) is 12.8 Å². The Morgan fingerprint density at radius 2 is 1.70 bits per heavy atom. The molecule has 0 saturated heterocycles. The summed E-state index contributed by atoms with van der Waals surface area (Å²) >= 11 is 6.00. The number of nitrogens with zero attached hydrogens (tertiary/aromatic N) is 4. The van der Waals surface area contributed by atoms with Gasteiger partial charge in [0, 0.05) is 30.5 Å². The molecular formula is C30H34ClN5O. The highest BCUT2D eigenvalue weighted by atomic mass is 35.5. The Morgan fingerprint density at radius 3 is 2.30 bits per heavy atom. The summed E-state index contributed by atoms with van der Waals surface area (Å²) in [4.78, 5) is 25.1. The van der Waals surface area contributed by atoms with Gasteiger partial charge in [-0.2, -0.15) is 0 Å². The molecule has 0 radical (unpaired) electrons. The molecule has 1 amide bonds. The number of rotatable bonds is 10. The first-order chi connectivity index (χ1) is 17.9. The minimum Gasteiger partial charge on any atom is -0.330 e. The molecule has 2 heterocycles. The lowest BCUT2D eigenvalue weighted by Crippen LogP contribution is -2.40. The van der Waals surface area contributed by atoms with Crippen molar-refractivity contribution in [3.63, 3.8) is 0 Å². The van der Waals surface area contributed by atoms with E-state index in [2.05, 4.69) is 54.6 Å². The molecule has 192 valence electrons. The van der Waals surface area contributed by atoms with Gasteiger partial charge < -0.3 is 15.2 Å². The predicted octanol–water partition coefficient (Wildman–Crippen LogP) is 6.14. The van der Waals surface area contributed by atoms with E-state index in [9.17, 15) is 4.79 Å². The predicted molar refractivity (Wildman–Crippen MR) is 149 cm³/mol. The van der Waals surface area contributed by atoms with Gasteiger partial charge in [0.1, 0.15) is 11.0 Å². The number of hydrogen-bond donors (Lipinski definition) is 1. The van der Waals surface area contributed by atoms with Gasteiger partial charge in [-0.1, -0.05) is 86.1 Å². The molecule has 0 aliphatic heterocycles. The second-order valence-corrected chi connectivity index (χ2v) is 9.93. The molecular weight excluding hydrogens is 482 g/mol. The van der Waals surface area contributed by atoms with Crippen LogP contribution in [-0.4, -0.2) is 38.4 Å². The largest absolute Gasteiger partial charge is 0.330 e. The van der Waals surface area contributed by atoms with E-state index in [0.29, 0.717) is 36.8 Å². The maximum atomic E-state index is 13.9. The number of amides is 1. The topological polar surface area (TPSA) is 77.0 Å². The van der Waals surface area contributed by atoms with Crippen LogP contribution in [0.25, 0.3) is 11.3 Å². The van der Waals surface area contributed by atoms with Crippen LogP contribution in [0.1, 0.15) is 53.7 Å². The average molecular weight is 516 g/mol. The first-order valence-corrected chi connectivity index (χ1v) is 13.1. The van der Waals surface area contributed by atoms with E-state index < -0.39 is 0 Å². The third-order valence-electron chi connectivity index (χ3n) is 6.55. The molecule has 0 saturated carbocycles. The smallest absolute Gasteiger partial charge is 0.256 e. The van der Waals surface area contributed by atoms with Gasteiger partial charge in [-0.05, 0) is 43.5 Å². The lowest BCUT2D eigenvalue weighted by atomic mass is 9.99. The van der Waals surface area contributed by atoms with Crippen molar-refractivity contribution in [3.8, 4) is 11.3 Å². The molecule has 1 atom stereocenters. The monoisotopic (exact) mass is 515 g/mol. The molecule has 0 fully saturated rings. The van der Waals surface area contributed by atoms with Gasteiger partial charge in [-0.25, -0.2) is 9.97 Å². The summed E-state index contributed by atoms with van der Waals surface area (Å²) in [6, 6.07) is 23.7. The quantitative estimate of drug-likeness (QED) is 0.257. The summed E-state index contributed by atoms with van der Waals surface area (Å²) in [6.45, 7) is 8.03. The summed E-state index contributed by atoms with van der Waals surface area (Å²) in [5.41, 5.74) is 10.6. The average Bonchev–Trinajstić information content (AvgIpc) is 3.22. The molecule has 0 aliphatic rings. The molecule has 2 aromatic heterocycles. The normalized spacial score (nSPS) is 12.1. The van der Waals surface area contributed by atoms with E-state index >= 15 is 0 Å². The Balaban J connectivity index is 1.86. The van der Waals surface area contributed by atoms with Gasteiger partial charge in [0.05, 0.1) is 17.3 Å². The third kappa shape index (κ3) is 6.09. The van der Waals surface area contributed by atoms with Gasteiger partial charge in [0.2, 0.25) is 0 Å². The number of benzene rings is 2. The summed E-state index contributed by atoms with van der Waals surface area (Å²) in [5, 5.41) is 0.354. The molecule has 4 aromatic rings. The number of pyridine rings is 1. The van der Waals surface area contributed by atoms with Crippen molar-refractivity contribution in [3.05, 3.63) is 107 Å². The second kappa shape index (κ2) is 12.2. The Hall–Kier alpha value is -3.48. The molecule has 0 spiro atoms. The van der Waals surface area contributed by atoms with Crippen molar-refractivity contribution < 1.29 is 4.79 Å². The van der Waals surface area contributed by atoms with Gasteiger partial charge >= 0.3 is 0 Å². The zero-order chi connectivity index (χ0) is 26.4. The molecule has 2 N–H and O–H groups in total. The zero-order valence-corrected chi connectivity index (χ0v) is 22.4. The number of imidazole rings is 1. The molecule has 1 unspecified atom stereocenters. The maximum absolute atomic E-state index is 13.9. The molecule has 0 aliphatic carbocycles. The van der Waals surface area contributed by atoms with E-state index in [0.717, 1.165) is 22.8 Å².